The summed E-state index contributed by atoms with van der Waals surface area (Å²) < 4.78 is 0. The van der Waals surface area contributed by atoms with Crippen LogP contribution in [0.4, 0.5) is 0 Å². The van der Waals surface area contributed by atoms with Gasteiger partial charge >= 0.3 is 0 Å². The number of halogens is 2. The molecule has 2 N–H and O–H groups in total. The van der Waals surface area contributed by atoms with Crippen molar-refractivity contribution in [1.29, 1.82) is 0 Å². The van der Waals surface area contributed by atoms with E-state index >= 15 is 0 Å². The number of aldehydes is 1. The predicted octanol–water partition coefficient (Wildman–Crippen LogP) is 1.90. The van der Waals surface area contributed by atoms with E-state index in [0.717, 1.165) is 0 Å². The molecule has 13 heavy (non-hydrogen) atoms. The first-order valence-corrected chi connectivity index (χ1v) is 4.06. The average Bonchev–Trinajstić information content (AvgIpc) is 2.09. The normalized spacial score (nSPS) is 9.69. The van der Waals surface area contributed by atoms with Gasteiger partial charge in [-0.1, -0.05) is 23.2 Å². The highest BCUT2D eigenvalue weighted by atomic mass is 35.5. The van der Waals surface area contributed by atoms with E-state index in [2.05, 4.69) is 0 Å². The number of benzene rings is 1. The Morgan fingerprint density at radius 3 is 2.46 bits per heavy atom. The molecule has 0 atom stereocenters. The Bertz CT molecular complexity index is 377. The van der Waals surface area contributed by atoms with Crippen LogP contribution in [0.2, 0.25) is 10.0 Å². The Kier molecular flexibility index (Phi) is 2.90. The van der Waals surface area contributed by atoms with Crippen LogP contribution in [0.3, 0.4) is 0 Å². The number of primary amides is 1. The first-order chi connectivity index (χ1) is 6.06. The molecule has 0 heterocycles. The summed E-state index contributed by atoms with van der Waals surface area (Å²) in [7, 11) is 0. The van der Waals surface area contributed by atoms with Gasteiger partial charge in [-0.05, 0) is 12.1 Å². The van der Waals surface area contributed by atoms with Crippen LogP contribution in [0.1, 0.15) is 20.7 Å². The Hall–Kier alpha value is -1.06. The fraction of sp³-hybridized carbons (Fsp3) is 0. The molecule has 0 bridgehead atoms. The summed E-state index contributed by atoms with van der Waals surface area (Å²) in [4.78, 5) is 21.2. The fourth-order valence-electron chi connectivity index (χ4n) is 0.857. The zero-order chi connectivity index (χ0) is 10.0. The molecule has 0 saturated heterocycles. The fourth-order valence-corrected chi connectivity index (χ4v) is 1.29. The lowest BCUT2D eigenvalue weighted by molar-refractivity contribution is 0.100. The summed E-state index contributed by atoms with van der Waals surface area (Å²) in [6.45, 7) is 0. The van der Waals surface area contributed by atoms with Crippen LogP contribution < -0.4 is 5.73 Å². The molecule has 0 aliphatic carbocycles. The van der Waals surface area contributed by atoms with E-state index in [1.165, 1.54) is 12.1 Å². The van der Waals surface area contributed by atoms with Gasteiger partial charge in [0.15, 0.2) is 0 Å². The Labute approximate surface area is 84.4 Å². The van der Waals surface area contributed by atoms with Gasteiger partial charge in [-0.15, -0.1) is 0 Å². The average molecular weight is 218 g/mol. The zero-order valence-electron chi connectivity index (χ0n) is 6.38. The third-order valence-corrected chi connectivity index (χ3v) is 2.25. The van der Waals surface area contributed by atoms with E-state index < -0.39 is 5.91 Å². The van der Waals surface area contributed by atoms with E-state index in [-0.39, 0.29) is 21.2 Å². The lowest BCUT2D eigenvalue weighted by atomic mass is 10.1. The molecule has 0 aromatic heterocycles. The zero-order valence-corrected chi connectivity index (χ0v) is 7.89. The van der Waals surface area contributed by atoms with Crippen LogP contribution in [-0.4, -0.2) is 12.2 Å². The van der Waals surface area contributed by atoms with Crippen molar-refractivity contribution in [1.82, 2.24) is 0 Å². The van der Waals surface area contributed by atoms with Gasteiger partial charge in [0.2, 0.25) is 5.91 Å². The molecule has 0 fully saturated rings. The Morgan fingerprint density at radius 2 is 2.00 bits per heavy atom. The molecule has 1 aromatic carbocycles. The second-order valence-corrected chi connectivity index (χ2v) is 3.13. The molecule has 1 rings (SSSR count). The van der Waals surface area contributed by atoms with Gasteiger partial charge in [-0.25, -0.2) is 0 Å². The topological polar surface area (TPSA) is 60.2 Å². The highest BCUT2D eigenvalue weighted by molar-refractivity contribution is 6.44. The highest BCUT2D eigenvalue weighted by Crippen LogP contribution is 2.26. The molecule has 0 aliphatic heterocycles. The maximum atomic E-state index is 10.8. The number of carbonyl (C=O) groups is 2. The SMILES string of the molecule is NC(=O)c1cc(C=O)cc(Cl)c1Cl. The minimum absolute atomic E-state index is 0.0521. The number of carbonyl (C=O) groups excluding carboxylic acids is 2. The van der Waals surface area contributed by atoms with E-state index in [4.69, 9.17) is 28.9 Å². The van der Waals surface area contributed by atoms with Gasteiger partial charge in [0.1, 0.15) is 6.29 Å². The standard InChI is InChI=1S/C8H5Cl2NO2/c9-6-2-4(3-12)1-5(7(6)10)8(11)13/h1-3H,(H2,11,13). The minimum Gasteiger partial charge on any atom is -0.366 e. The molecular formula is C8H5Cl2NO2. The largest absolute Gasteiger partial charge is 0.366 e. The maximum absolute atomic E-state index is 10.8. The molecule has 0 radical (unpaired) electrons. The van der Waals surface area contributed by atoms with Crippen molar-refractivity contribution >= 4 is 35.4 Å². The third kappa shape index (κ3) is 1.99. The summed E-state index contributed by atoms with van der Waals surface area (Å²) >= 11 is 11.3. The molecule has 0 unspecified atom stereocenters. The molecule has 0 aliphatic rings. The monoisotopic (exact) mass is 217 g/mol. The molecule has 5 heteroatoms. The van der Waals surface area contributed by atoms with Gasteiger partial charge in [0.25, 0.3) is 0 Å². The van der Waals surface area contributed by atoms with Crippen LogP contribution in [0.15, 0.2) is 12.1 Å². The number of rotatable bonds is 2. The summed E-state index contributed by atoms with van der Waals surface area (Å²) in [6.07, 6.45) is 0.564. The second-order valence-electron chi connectivity index (χ2n) is 2.35. The van der Waals surface area contributed by atoms with E-state index in [0.29, 0.717) is 6.29 Å². The van der Waals surface area contributed by atoms with Gasteiger partial charge in [-0.2, -0.15) is 0 Å². The van der Waals surface area contributed by atoms with Gasteiger partial charge < -0.3 is 5.73 Å². The van der Waals surface area contributed by atoms with Crippen molar-refractivity contribution in [3.63, 3.8) is 0 Å². The van der Waals surface area contributed by atoms with E-state index in [9.17, 15) is 9.59 Å². The van der Waals surface area contributed by atoms with Crippen molar-refractivity contribution < 1.29 is 9.59 Å². The lowest BCUT2D eigenvalue weighted by Crippen LogP contribution is -2.12. The van der Waals surface area contributed by atoms with Crippen LogP contribution in [-0.2, 0) is 0 Å². The van der Waals surface area contributed by atoms with Gasteiger partial charge in [-0.3, -0.25) is 9.59 Å². The van der Waals surface area contributed by atoms with Crippen molar-refractivity contribution in [2.24, 2.45) is 5.73 Å². The van der Waals surface area contributed by atoms with E-state index in [1.54, 1.807) is 0 Å². The van der Waals surface area contributed by atoms with Crippen molar-refractivity contribution in [2.75, 3.05) is 0 Å². The first-order valence-electron chi connectivity index (χ1n) is 3.30. The van der Waals surface area contributed by atoms with Crippen LogP contribution in [0.5, 0.6) is 0 Å². The Morgan fingerprint density at radius 1 is 1.38 bits per heavy atom. The second kappa shape index (κ2) is 3.77. The predicted molar refractivity (Wildman–Crippen MR) is 50.4 cm³/mol. The molecule has 3 nitrogen and oxygen atoms in total. The smallest absolute Gasteiger partial charge is 0.250 e. The van der Waals surface area contributed by atoms with Crippen molar-refractivity contribution in [3.8, 4) is 0 Å². The summed E-state index contributed by atoms with van der Waals surface area (Å²) in [5.41, 5.74) is 5.33. The molecule has 0 spiro atoms. The quantitative estimate of drug-likeness (QED) is 0.770. The van der Waals surface area contributed by atoms with Crippen LogP contribution in [0.25, 0.3) is 0 Å². The first kappa shape index (κ1) is 10.0. The lowest BCUT2D eigenvalue weighted by Gasteiger charge is -2.02. The summed E-state index contributed by atoms with van der Waals surface area (Å²) in [6, 6.07) is 2.66. The van der Waals surface area contributed by atoms with E-state index in [1.807, 2.05) is 0 Å². The molecule has 1 aromatic rings. The molecule has 1 amide bonds. The third-order valence-electron chi connectivity index (χ3n) is 1.45. The molecular weight excluding hydrogens is 213 g/mol. The maximum Gasteiger partial charge on any atom is 0.250 e. The van der Waals surface area contributed by atoms with Gasteiger partial charge in [0.05, 0.1) is 15.6 Å². The highest BCUT2D eigenvalue weighted by Gasteiger charge is 2.11. The number of hydrogen-bond donors (Lipinski definition) is 1. The van der Waals surface area contributed by atoms with Gasteiger partial charge in [0, 0.05) is 5.56 Å². The van der Waals surface area contributed by atoms with Crippen LogP contribution in [0, 0.1) is 0 Å². The molecule has 68 valence electrons. The summed E-state index contributed by atoms with van der Waals surface area (Å²) in [5.74, 6) is -0.712. The minimum atomic E-state index is -0.712. The molecule has 0 saturated carbocycles. The number of nitrogens with two attached hydrogens (primary N) is 1. The number of hydrogen-bond acceptors (Lipinski definition) is 2. The van der Waals surface area contributed by atoms with Crippen LogP contribution >= 0.6 is 23.2 Å². The van der Waals surface area contributed by atoms with Crippen molar-refractivity contribution in [2.45, 2.75) is 0 Å². The number of amides is 1. The summed E-state index contributed by atoms with van der Waals surface area (Å²) in [5, 5.41) is 0.208. The Balaban J connectivity index is 3.41. The van der Waals surface area contributed by atoms with Crippen molar-refractivity contribution in [3.05, 3.63) is 33.3 Å².